The number of anilines is 1. The summed E-state index contributed by atoms with van der Waals surface area (Å²) in [5.74, 6) is -0.189. The summed E-state index contributed by atoms with van der Waals surface area (Å²) in [7, 11) is 0. The zero-order valence-electron chi connectivity index (χ0n) is 14.9. The van der Waals surface area contributed by atoms with Gasteiger partial charge in [-0.05, 0) is 37.6 Å². The van der Waals surface area contributed by atoms with Gasteiger partial charge in [-0.1, -0.05) is 24.3 Å². The van der Waals surface area contributed by atoms with Crippen LogP contribution in [0.3, 0.4) is 0 Å². The van der Waals surface area contributed by atoms with Crippen LogP contribution in [0.4, 0.5) is 11.4 Å². The van der Waals surface area contributed by atoms with Crippen molar-refractivity contribution in [1.29, 1.82) is 0 Å². The number of nitrogens with zero attached hydrogens (tertiary/aromatic N) is 1. The molecule has 7 heteroatoms. The van der Waals surface area contributed by atoms with Crippen LogP contribution in [0.5, 0.6) is 0 Å². The molecule has 0 fully saturated rings. The van der Waals surface area contributed by atoms with Crippen molar-refractivity contribution in [2.75, 3.05) is 18.4 Å². The van der Waals surface area contributed by atoms with Crippen LogP contribution >= 0.6 is 0 Å². The fraction of sp³-hybridized carbons (Fsp3) is 0.316. The van der Waals surface area contributed by atoms with Gasteiger partial charge in [-0.15, -0.1) is 0 Å². The summed E-state index contributed by atoms with van der Waals surface area (Å²) in [5, 5.41) is 16.7. The van der Waals surface area contributed by atoms with Crippen molar-refractivity contribution in [3.05, 3.63) is 69.8 Å². The number of nitrogens with one attached hydrogen (secondary N) is 2. The molecule has 0 heterocycles. The highest BCUT2D eigenvalue weighted by Gasteiger charge is 2.11. The Hall–Kier alpha value is -2.93. The minimum absolute atomic E-state index is 0.0121. The molecule has 0 aliphatic rings. The summed E-state index contributed by atoms with van der Waals surface area (Å²) in [6.45, 7) is 5.19. The van der Waals surface area contributed by atoms with Crippen molar-refractivity contribution in [2.45, 2.75) is 26.6 Å². The van der Waals surface area contributed by atoms with Crippen molar-refractivity contribution in [1.82, 2.24) is 5.32 Å². The van der Waals surface area contributed by atoms with Crippen LogP contribution in [0.25, 0.3) is 0 Å². The van der Waals surface area contributed by atoms with Crippen LogP contribution in [0.2, 0.25) is 0 Å². The third-order valence-electron chi connectivity index (χ3n) is 3.63. The number of para-hydroxylation sites is 2. The number of amides is 1. The molecule has 0 aliphatic carbocycles. The van der Waals surface area contributed by atoms with Gasteiger partial charge in [-0.25, -0.2) is 0 Å². The first-order chi connectivity index (χ1) is 12.5. The molecule has 0 atom stereocenters. The molecular weight excluding hydrogens is 334 g/mol. The zero-order valence-corrected chi connectivity index (χ0v) is 14.9. The lowest BCUT2D eigenvalue weighted by Crippen LogP contribution is -2.28. The second-order valence-corrected chi connectivity index (χ2v) is 6.01. The normalized spacial score (nSPS) is 10.6. The average molecular weight is 357 g/mol. The monoisotopic (exact) mass is 357 g/mol. The molecule has 2 aromatic carbocycles. The van der Waals surface area contributed by atoms with E-state index in [9.17, 15) is 14.9 Å². The number of hydrogen-bond acceptors (Lipinski definition) is 5. The number of benzene rings is 2. The van der Waals surface area contributed by atoms with E-state index in [1.807, 2.05) is 26.0 Å². The second-order valence-electron chi connectivity index (χ2n) is 6.01. The first-order valence-corrected chi connectivity index (χ1v) is 8.43. The van der Waals surface area contributed by atoms with E-state index in [1.165, 1.54) is 6.07 Å². The van der Waals surface area contributed by atoms with Crippen LogP contribution in [0.1, 0.15) is 29.8 Å². The van der Waals surface area contributed by atoms with E-state index >= 15 is 0 Å². The maximum atomic E-state index is 12.1. The fourth-order valence-electron chi connectivity index (χ4n) is 2.27. The van der Waals surface area contributed by atoms with Gasteiger partial charge in [0.2, 0.25) is 0 Å². The number of nitro groups is 1. The molecule has 26 heavy (non-hydrogen) atoms. The Morgan fingerprint density at radius 3 is 2.46 bits per heavy atom. The summed E-state index contributed by atoms with van der Waals surface area (Å²) >= 11 is 0. The number of carbonyl (C=O) groups is 1. The molecule has 0 aliphatic heterocycles. The molecule has 0 radical (unpaired) electrons. The van der Waals surface area contributed by atoms with Crippen molar-refractivity contribution in [3.63, 3.8) is 0 Å². The zero-order chi connectivity index (χ0) is 18.9. The maximum absolute atomic E-state index is 12.1. The summed E-state index contributed by atoms with van der Waals surface area (Å²) < 4.78 is 5.52. The van der Waals surface area contributed by atoms with Crippen LogP contribution < -0.4 is 10.6 Å². The first-order valence-electron chi connectivity index (χ1n) is 8.43. The molecule has 0 unspecified atom stereocenters. The molecule has 7 nitrogen and oxygen atoms in total. The van der Waals surface area contributed by atoms with Crippen molar-refractivity contribution in [2.24, 2.45) is 0 Å². The lowest BCUT2D eigenvalue weighted by molar-refractivity contribution is -0.384. The van der Waals surface area contributed by atoms with Gasteiger partial charge in [0.25, 0.3) is 11.6 Å². The van der Waals surface area contributed by atoms with Crippen molar-refractivity contribution in [3.8, 4) is 0 Å². The molecule has 0 spiro atoms. The van der Waals surface area contributed by atoms with E-state index in [1.54, 1.807) is 30.3 Å². The molecule has 1 amide bonds. The summed E-state index contributed by atoms with van der Waals surface area (Å²) in [6.07, 6.45) is 0.158. The van der Waals surface area contributed by atoms with Gasteiger partial charge in [-0.2, -0.15) is 0 Å². The predicted octanol–water partition coefficient (Wildman–Crippen LogP) is 3.36. The van der Waals surface area contributed by atoms with Crippen LogP contribution in [0.15, 0.2) is 48.5 Å². The van der Waals surface area contributed by atoms with E-state index in [0.29, 0.717) is 30.9 Å². The van der Waals surface area contributed by atoms with E-state index in [0.717, 1.165) is 5.56 Å². The molecule has 2 aromatic rings. The third-order valence-corrected chi connectivity index (χ3v) is 3.63. The van der Waals surface area contributed by atoms with Gasteiger partial charge in [-0.3, -0.25) is 14.9 Å². The van der Waals surface area contributed by atoms with Gasteiger partial charge in [0.05, 0.1) is 17.6 Å². The van der Waals surface area contributed by atoms with E-state index in [-0.39, 0.29) is 17.7 Å². The third kappa shape index (κ3) is 5.86. The predicted molar refractivity (Wildman–Crippen MR) is 100 cm³/mol. The Morgan fingerprint density at radius 2 is 1.81 bits per heavy atom. The van der Waals surface area contributed by atoms with Gasteiger partial charge >= 0.3 is 0 Å². The van der Waals surface area contributed by atoms with Crippen molar-refractivity contribution >= 4 is 17.3 Å². The van der Waals surface area contributed by atoms with Gasteiger partial charge in [0, 0.05) is 24.7 Å². The lowest BCUT2D eigenvalue weighted by atomic mass is 10.1. The van der Waals surface area contributed by atoms with Crippen molar-refractivity contribution < 1.29 is 14.5 Å². The number of hydrogen-bond donors (Lipinski definition) is 2. The van der Waals surface area contributed by atoms with E-state index < -0.39 is 4.92 Å². The largest absolute Gasteiger partial charge is 0.378 e. The summed E-state index contributed by atoms with van der Waals surface area (Å²) in [4.78, 5) is 22.6. The molecule has 0 aromatic heterocycles. The first kappa shape index (κ1) is 19.4. The molecule has 2 rings (SSSR count). The molecule has 138 valence electrons. The Labute approximate surface area is 152 Å². The topological polar surface area (TPSA) is 93.5 Å². The van der Waals surface area contributed by atoms with E-state index in [4.69, 9.17) is 4.74 Å². The van der Waals surface area contributed by atoms with Gasteiger partial charge in [0.15, 0.2) is 0 Å². The standard InChI is InChI=1S/C19H23N3O4/c1-14(2)26-13-15-7-9-16(10-8-15)19(23)21-12-11-20-17-5-3-4-6-18(17)22(24)25/h3-10,14,20H,11-13H2,1-2H3,(H,21,23). The highest BCUT2D eigenvalue weighted by atomic mass is 16.6. The minimum Gasteiger partial charge on any atom is -0.378 e. The van der Waals surface area contributed by atoms with Gasteiger partial charge < -0.3 is 15.4 Å². The second kappa shape index (κ2) is 9.53. The number of ether oxygens (including phenoxy) is 1. The van der Waals surface area contributed by atoms with Crippen LogP contribution in [0, 0.1) is 10.1 Å². The number of carbonyl (C=O) groups excluding carboxylic acids is 1. The van der Waals surface area contributed by atoms with Crippen LogP contribution in [-0.2, 0) is 11.3 Å². The summed E-state index contributed by atoms with van der Waals surface area (Å²) in [6, 6.07) is 13.6. The molecule has 0 saturated carbocycles. The highest BCUT2D eigenvalue weighted by molar-refractivity contribution is 5.94. The SMILES string of the molecule is CC(C)OCc1ccc(C(=O)NCCNc2ccccc2[N+](=O)[O-])cc1. The maximum Gasteiger partial charge on any atom is 0.292 e. The lowest BCUT2D eigenvalue weighted by Gasteiger charge is -2.10. The average Bonchev–Trinajstić information content (AvgIpc) is 2.64. The Kier molecular flexibility index (Phi) is 7.11. The number of rotatable bonds is 9. The molecule has 0 bridgehead atoms. The Balaban J connectivity index is 1.79. The quantitative estimate of drug-likeness (QED) is 0.408. The van der Waals surface area contributed by atoms with Gasteiger partial charge in [0.1, 0.15) is 5.69 Å². The van der Waals surface area contributed by atoms with E-state index in [2.05, 4.69) is 10.6 Å². The Morgan fingerprint density at radius 1 is 1.12 bits per heavy atom. The van der Waals surface area contributed by atoms with Crippen LogP contribution in [-0.4, -0.2) is 30.0 Å². The summed E-state index contributed by atoms with van der Waals surface area (Å²) in [5.41, 5.74) is 2.01. The molecular formula is C19H23N3O4. The number of nitro benzene ring substituents is 1. The smallest absolute Gasteiger partial charge is 0.292 e. The minimum atomic E-state index is -0.439. The Bertz CT molecular complexity index is 745. The highest BCUT2D eigenvalue weighted by Crippen LogP contribution is 2.22. The molecule has 0 saturated heterocycles. The fourth-order valence-corrected chi connectivity index (χ4v) is 2.27. The molecule has 2 N–H and O–H groups in total.